The Hall–Kier alpha value is -1.43. The second-order valence-corrected chi connectivity index (χ2v) is 5.26. The summed E-state index contributed by atoms with van der Waals surface area (Å²) in [6.45, 7) is 5.91. The maximum absolute atomic E-state index is 12.4. The Balaban J connectivity index is 1.53. The lowest BCUT2D eigenvalue weighted by atomic mass is 10.1. The third kappa shape index (κ3) is 3.00. The van der Waals surface area contributed by atoms with Crippen LogP contribution in [0.3, 0.4) is 0 Å². The molecular formula is C15H21N3O2. The Labute approximate surface area is 119 Å². The van der Waals surface area contributed by atoms with Gasteiger partial charge in [0.15, 0.2) is 0 Å². The summed E-state index contributed by atoms with van der Waals surface area (Å²) in [5, 5.41) is 3.29. The standard InChI is InChI=1S/C15H21N3O2/c19-15-14(13-4-2-1-3-5-13)16-12-18(15)7-6-17-8-10-20-11-9-17/h1-5,14,16H,6-12H2. The van der Waals surface area contributed by atoms with Crippen LogP contribution in [0.5, 0.6) is 0 Å². The number of benzene rings is 1. The number of nitrogens with one attached hydrogen (secondary N) is 1. The maximum Gasteiger partial charge on any atom is 0.245 e. The van der Waals surface area contributed by atoms with Crippen LogP contribution in [-0.2, 0) is 9.53 Å². The van der Waals surface area contributed by atoms with Crippen molar-refractivity contribution in [2.45, 2.75) is 6.04 Å². The van der Waals surface area contributed by atoms with E-state index in [0.717, 1.165) is 45.0 Å². The van der Waals surface area contributed by atoms with Crippen LogP contribution in [-0.4, -0.2) is 61.8 Å². The molecule has 1 N–H and O–H groups in total. The van der Waals surface area contributed by atoms with Crippen molar-refractivity contribution in [3.05, 3.63) is 35.9 Å². The summed E-state index contributed by atoms with van der Waals surface area (Å²) in [7, 11) is 0. The second kappa shape index (κ2) is 6.35. The van der Waals surface area contributed by atoms with E-state index in [0.29, 0.717) is 6.67 Å². The first kappa shape index (κ1) is 13.5. The van der Waals surface area contributed by atoms with Crippen molar-refractivity contribution in [2.75, 3.05) is 46.1 Å². The van der Waals surface area contributed by atoms with E-state index in [1.165, 1.54) is 0 Å². The van der Waals surface area contributed by atoms with E-state index in [-0.39, 0.29) is 11.9 Å². The van der Waals surface area contributed by atoms with Crippen molar-refractivity contribution < 1.29 is 9.53 Å². The number of ether oxygens (including phenoxy) is 1. The molecule has 2 aliphatic heterocycles. The van der Waals surface area contributed by atoms with E-state index in [1.807, 2.05) is 35.2 Å². The van der Waals surface area contributed by atoms with Gasteiger partial charge < -0.3 is 9.64 Å². The molecule has 0 saturated carbocycles. The summed E-state index contributed by atoms with van der Waals surface area (Å²) >= 11 is 0. The quantitative estimate of drug-likeness (QED) is 0.866. The molecule has 108 valence electrons. The van der Waals surface area contributed by atoms with Crippen molar-refractivity contribution in [3.63, 3.8) is 0 Å². The molecule has 0 spiro atoms. The van der Waals surface area contributed by atoms with Gasteiger partial charge >= 0.3 is 0 Å². The molecule has 2 saturated heterocycles. The van der Waals surface area contributed by atoms with Crippen LogP contribution in [0.4, 0.5) is 0 Å². The van der Waals surface area contributed by atoms with Gasteiger partial charge in [-0.3, -0.25) is 15.0 Å². The number of morpholine rings is 1. The van der Waals surface area contributed by atoms with Gasteiger partial charge in [-0.05, 0) is 5.56 Å². The van der Waals surface area contributed by atoms with Crippen LogP contribution < -0.4 is 5.32 Å². The van der Waals surface area contributed by atoms with Crippen LogP contribution in [0.1, 0.15) is 11.6 Å². The van der Waals surface area contributed by atoms with E-state index >= 15 is 0 Å². The molecule has 1 amide bonds. The largest absolute Gasteiger partial charge is 0.379 e. The first-order valence-corrected chi connectivity index (χ1v) is 7.22. The molecule has 0 aromatic heterocycles. The lowest BCUT2D eigenvalue weighted by Gasteiger charge is -2.28. The molecule has 2 fully saturated rings. The smallest absolute Gasteiger partial charge is 0.245 e. The van der Waals surface area contributed by atoms with E-state index in [4.69, 9.17) is 4.74 Å². The molecular weight excluding hydrogens is 254 g/mol. The molecule has 5 heteroatoms. The number of carbonyl (C=O) groups excluding carboxylic acids is 1. The molecule has 0 aliphatic carbocycles. The van der Waals surface area contributed by atoms with Gasteiger partial charge in [0.2, 0.25) is 5.91 Å². The van der Waals surface area contributed by atoms with Crippen LogP contribution in [0, 0.1) is 0 Å². The lowest BCUT2D eigenvalue weighted by Crippen LogP contribution is -2.42. The molecule has 3 rings (SSSR count). The van der Waals surface area contributed by atoms with E-state index in [1.54, 1.807) is 0 Å². The fourth-order valence-electron chi connectivity index (χ4n) is 2.73. The van der Waals surface area contributed by atoms with Crippen LogP contribution >= 0.6 is 0 Å². The molecule has 1 unspecified atom stereocenters. The minimum atomic E-state index is -0.180. The summed E-state index contributed by atoms with van der Waals surface area (Å²) < 4.78 is 5.33. The zero-order chi connectivity index (χ0) is 13.8. The Morgan fingerprint density at radius 3 is 2.65 bits per heavy atom. The Morgan fingerprint density at radius 2 is 1.90 bits per heavy atom. The number of hydrogen-bond acceptors (Lipinski definition) is 4. The summed E-state index contributed by atoms with van der Waals surface area (Å²) in [6.07, 6.45) is 0. The van der Waals surface area contributed by atoms with Crippen LogP contribution in [0.2, 0.25) is 0 Å². The van der Waals surface area contributed by atoms with Crippen molar-refractivity contribution in [2.24, 2.45) is 0 Å². The first-order chi connectivity index (χ1) is 9.84. The Bertz CT molecular complexity index is 446. The van der Waals surface area contributed by atoms with E-state index in [2.05, 4.69) is 10.2 Å². The van der Waals surface area contributed by atoms with Gasteiger partial charge in [-0.25, -0.2) is 0 Å². The predicted molar refractivity (Wildman–Crippen MR) is 76.2 cm³/mol. The van der Waals surface area contributed by atoms with Gasteiger partial charge in [-0.1, -0.05) is 30.3 Å². The van der Waals surface area contributed by atoms with Gasteiger partial charge in [-0.2, -0.15) is 0 Å². The molecule has 2 heterocycles. The molecule has 0 bridgehead atoms. The molecule has 1 aromatic rings. The third-order valence-corrected chi connectivity index (χ3v) is 3.97. The van der Waals surface area contributed by atoms with E-state index in [9.17, 15) is 4.79 Å². The normalized spacial score (nSPS) is 24.3. The monoisotopic (exact) mass is 275 g/mol. The second-order valence-electron chi connectivity index (χ2n) is 5.26. The molecule has 1 aromatic carbocycles. The number of amides is 1. The Kier molecular flexibility index (Phi) is 4.30. The minimum Gasteiger partial charge on any atom is -0.379 e. The maximum atomic E-state index is 12.4. The van der Waals surface area contributed by atoms with Gasteiger partial charge in [0.25, 0.3) is 0 Å². The highest BCUT2D eigenvalue weighted by Crippen LogP contribution is 2.20. The zero-order valence-corrected chi connectivity index (χ0v) is 11.6. The number of hydrogen-bond donors (Lipinski definition) is 1. The lowest BCUT2D eigenvalue weighted by molar-refractivity contribution is -0.129. The van der Waals surface area contributed by atoms with Crippen molar-refractivity contribution >= 4 is 5.91 Å². The fraction of sp³-hybridized carbons (Fsp3) is 0.533. The fourth-order valence-corrected chi connectivity index (χ4v) is 2.73. The summed E-state index contributed by atoms with van der Waals surface area (Å²) in [5.41, 5.74) is 1.05. The number of carbonyl (C=O) groups is 1. The predicted octanol–water partition coefficient (Wildman–Crippen LogP) is 0.449. The average molecular weight is 275 g/mol. The van der Waals surface area contributed by atoms with Gasteiger partial charge in [0, 0.05) is 26.2 Å². The summed E-state index contributed by atoms with van der Waals surface area (Å²) in [4.78, 5) is 16.7. The molecule has 5 nitrogen and oxygen atoms in total. The van der Waals surface area contributed by atoms with Gasteiger partial charge in [0.1, 0.15) is 6.04 Å². The van der Waals surface area contributed by atoms with Gasteiger partial charge in [-0.15, -0.1) is 0 Å². The molecule has 2 aliphatic rings. The summed E-state index contributed by atoms with van der Waals surface area (Å²) in [5.74, 6) is 0.185. The zero-order valence-electron chi connectivity index (χ0n) is 11.6. The van der Waals surface area contributed by atoms with Crippen molar-refractivity contribution in [3.8, 4) is 0 Å². The van der Waals surface area contributed by atoms with Crippen molar-refractivity contribution in [1.29, 1.82) is 0 Å². The van der Waals surface area contributed by atoms with Crippen LogP contribution in [0.15, 0.2) is 30.3 Å². The van der Waals surface area contributed by atoms with Crippen molar-refractivity contribution in [1.82, 2.24) is 15.1 Å². The highest BCUT2D eigenvalue weighted by molar-refractivity contribution is 5.85. The first-order valence-electron chi connectivity index (χ1n) is 7.22. The van der Waals surface area contributed by atoms with Gasteiger partial charge in [0.05, 0.1) is 19.9 Å². The minimum absolute atomic E-state index is 0.180. The van der Waals surface area contributed by atoms with E-state index < -0.39 is 0 Å². The third-order valence-electron chi connectivity index (χ3n) is 3.97. The number of rotatable bonds is 4. The highest BCUT2D eigenvalue weighted by Gasteiger charge is 2.31. The number of nitrogens with zero attached hydrogens (tertiary/aromatic N) is 2. The SMILES string of the molecule is O=C1C(c2ccccc2)NCN1CCN1CCOCC1. The van der Waals surface area contributed by atoms with Crippen LogP contribution in [0.25, 0.3) is 0 Å². The summed E-state index contributed by atoms with van der Waals surface area (Å²) in [6, 6.07) is 9.74. The Morgan fingerprint density at radius 1 is 1.15 bits per heavy atom. The highest BCUT2D eigenvalue weighted by atomic mass is 16.5. The molecule has 20 heavy (non-hydrogen) atoms. The average Bonchev–Trinajstić information content (AvgIpc) is 2.88. The molecule has 0 radical (unpaired) electrons. The topological polar surface area (TPSA) is 44.8 Å². The molecule has 1 atom stereocenters.